The Balaban J connectivity index is 1.65. The van der Waals surface area contributed by atoms with Crippen LogP contribution in [0.15, 0.2) is 0 Å². The highest BCUT2D eigenvalue weighted by Gasteiger charge is 2.46. The number of piperidine rings is 1. The number of esters is 2. The largest absolute Gasteiger partial charge is 0.463 e. The maximum absolute atomic E-state index is 12.8. The van der Waals surface area contributed by atoms with E-state index in [1.54, 1.807) is 0 Å². The van der Waals surface area contributed by atoms with Crippen molar-refractivity contribution < 1.29 is 38.4 Å². The van der Waals surface area contributed by atoms with Crippen LogP contribution >= 0.6 is 0 Å². The van der Waals surface area contributed by atoms with Crippen LogP contribution in [0.5, 0.6) is 0 Å². The molecule has 0 aromatic carbocycles. The van der Waals surface area contributed by atoms with E-state index in [0.29, 0.717) is 32.8 Å². The molecule has 2 aliphatic heterocycles. The number of hydrogen-bond acceptors (Lipinski definition) is 9. The minimum Gasteiger partial charge on any atom is -0.463 e. The molecule has 0 aromatic heterocycles. The number of ether oxygens (including phenoxy) is 5. The third-order valence-electron chi connectivity index (χ3n) is 6.07. The van der Waals surface area contributed by atoms with Gasteiger partial charge in [0.05, 0.1) is 57.6 Å². The molecule has 0 unspecified atom stereocenters. The number of aliphatic hydroxyl groups excluding tert-OH is 1. The minimum atomic E-state index is -0.714. The Morgan fingerprint density at radius 3 is 1.67 bits per heavy atom. The van der Waals surface area contributed by atoms with Gasteiger partial charge in [0.15, 0.2) is 0 Å². The fraction of sp³-hybridized carbons (Fsp3) is 0.905. The van der Waals surface area contributed by atoms with Crippen molar-refractivity contribution in [1.29, 1.82) is 0 Å². The summed E-state index contributed by atoms with van der Waals surface area (Å²) in [6.07, 6.45) is 3.29. The average Bonchev–Trinajstić information content (AvgIpc) is 2.76. The summed E-state index contributed by atoms with van der Waals surface area (Å²) in [4.78, 5) is 27.8. The molecule has 0 amide bonds. The molecule has 2 saturated heterocycles. The molecule has 9 heteroatoms. The zero-order chi connectivity index (χ0) is 21.2. The van der Waals surface area contributed by atoms with E-state index >= 15 is 0 Å². The highest BCUT2D eigenvalue weighted by Crippen LogP contribution is 2.36. The van der Waals surface area contributed by atoms with Crippen LogP contribution in [0.2, 0.25) is 0 Å². The summed E-state index contributed by atoms with van der Waals surface area (Å²) in [7, 11) is 0. The van der Waals surface area contributed by atoms with Crippen molar-refractivity contribution in [3.05, 3.63) is 0 Å². The van der Waals surface area contributed by atoms with Gasteiger partial charge in [-0.3, -0.25) is 14.5 Å². The SMILES string of the molecule is O=C1OCCOCCOCCOCCOC(=O)[C@@H]2C[C@@H](N3CCCCC3)[C@H](O)C[C@@H]12. The maximum atomic E-state index is 12.8. The second-order valence-corrected chi connectivity index (χ2v) is 8.09. The molecule has 3 rings (SSSR count). The molecule has 3 aliphatic rings. The van der Waals surface area contributed by atoms with Crippen LogP contribution in [-0.4, -0.2) is 100 Å². The van der Waals surface area contributed by atoms with Crippen molar-refractivity contribution >= 4 is 11.9 Å². The number of fused-ring (bicyclic) bond motifs is 1. The molecule has 4 atom stereocenters. The Morgan fingerprint density at radius 2 is 1.13 bits per heavy atom. The molecule has 9 nitrogen and oxygen atoms in total. The zero-order valence-electron chi connectivity index (χ0n) is 17.7. The summed E-state index contributed by atoms with van der Waals surface area (Å²) in [5.74, 6) is -2.25. The van der Waals surface area contributed by atoms with Gasteiger partial charge in [-0.25, -0.2) is 0 Å². The van der Waals surface area contributed by atoms with Gasteiger partial charge in [0, 0.05) is 6.04 Å². The van der Waals surface area contributed by atoms with E-state index in [-0.39, 0.29) is 38.9 Å². The van der Waals surface area contributed by atoms with E-state index < -0.39 is 29.9 Å². The Kier molecular flexibility index (Phi) is 9.80. The molecule has 1 aliphatic carbocycles. The number of carbonyl (C=O) groups excluding carboxylic acids is 2. The predicted molar refractivity (Wildman–Crippen MR) is 106 cm³/mol. The van der Waals surface area contributed by atoms with E-state index in [1.165, 1.54) is 6.42 Å². The molecule has 0 bridgehead atoms. The van der Waals surface area contributed by atoms with E-state index in [2.05, 4.69) is 4.90 Å². The monoisotopic (exact) mass is 429 g/mol. The minimum absolute atomic E-state index is 0.103. The molecule has 1 saturated carbocycles. The van der Waals surface area contributed by atoms with Gasteiger partial charge in [-0.15, -0.1) is 0 Å². The Bertz CT molecular complexity index is 539. The summed E-state index contributed by atoms with van der Waals surface area (Å²) in [5.41, 5.74) is 0. The van der Waals surface area contributed by atoms with Crippen LogP contribution in [0.1, 0.15) is 32.1 Å². The molecule has 2 heterocycles. The lowest BCUT2D eigenvalue weighted by molar-refractivity contribution is -0.169. The van der Waals surface area contributed by atoms with Crippen LogP contribution in [0.3, 0.4) is 0 Å². The van der Waals surface area contributed by atoms with Gasteiger partial charge >= 0.3 is 11.9 Å². The Morgan fingerprint density at radius 1 is 0.667 bits per heavy atom. The standard InChI is InChI=1S/C21H35NO8/c23-19-15-17-16(14-18(19)22-4-2-1-3-5-22)20(24)29-12-10-27-8-6-26-7-9-28-11-13-30-21(17)25/h16-19,23H,1-15H2/t16-,17-,18-,19-/m1/s1. The molecular formula is C21H35NO8. The first-order valence-electron chi connectivity index (χ1n) is 11.2. The first-order chi connectivity index (χ1) is 14.7. The van der Waals surface area contributed by atoms with Crippen LogP contribution in [0, 0.1) is 11.8 Å². The first kappa shape index (κ1) is 23.4. The van der Waals surface area contributed by atoms with Crippen molar-refractivity contribution in [1.82, 2.24) is 4.90 Å². The van der Waals surface area contributed by atoms with Crippen molar-refractivity contribution in [2.45, 2.75) is 44.2 Å². The number of likely N-dealkylation sites (tertiary alicyclic amines) is 1. The topological polar surface area (TPSA) is 104 Å². The van der Waals surface area contributed by atoms with Gasteiger partial charge in [0.2, 0.25) is 0 Å². The van der Waals surface area contributed by atoms with Crippen LogP contribution in [-0.2, 0) is 33.3 Å². The van der Waals surface area contributed by atoms with Gasteiger partial charge in [-0.05, 0) is 38.8 Å². The number of carbonyl (C=O) groups is 2. The highest BCUT2D eigenvalue weighted by molar-refractivity contribution is 5.82. The average molecular weight is 430 g/mol. The molecule has 1 N–H and O–H groups in total. The number of nitrogens with zero attached hydrogens (tertiary/aromatic N) is 1. The van der Waals surface area contributed by atoms with Gasteiger partial charge in [-0.2, -0.15) is 0 Å². The second-order valence-electron chi connectivity index (χ2n) is 8.09. The third-order valence-corrected chi connectivity index (χ3v) is 6.07. The Labute approximate surface area is 177 Å². The van der Waals surface area contributed by atoms with E-state index in [1.807, 2.05) is 0 Å². The number of aliphatic hydroxyl groups is 1. The smallest absolute Gasteiger partial charge is 0.309 e. The first-order valence-corrected chi connectivity index (χ1v) is 11.2. The molecule has 30 heavy (non-hydrogen) atoms. The van der Waals surface area contributed by atoms with E-state index in [9.17, 15) is 14.7 Å². The fourth-order valence-corrected chi connectivity index (χ4v) is 4.48. The molecule has 0 aromatic rings. The molecule has 0 spiro atoms. The van der Waals surface area contributed by atoms with Crippen molar-refractivity contribution in [2.24, 2.45) is 11.8 Å². The van der Waals surface area contributed by atoms with Gasteiger partial charge in [-0.1, -0.05) is 6.42 Å². The van der Waals surface area contributed by atoms with Crippen molar-refractivity contribution in [3.8, 4) is 0 Å². The lowest BCUT2D eigenvalue weighted by Gasteiger charge is -2.43. The molecule has 0 radical (unpaired) electrons. The molecular weight excluding hydrogens is 394 g/mol. The second kappa shape index (κ2) is 12.6. The van der Waals surface area contributed by atoms with Crippen LogP contribution in [0.4, 0.5) is 0 Å². The predicted octanol–water partition coefficient (Wildman–Crippen LogP) is 0.378. The van der Waals surface area contributed by atoms with Crippen LogP contribution in [0.25, 0.3) is 0 Å². The van der Waals surface area contributed by atoms with Crippen molar-refractivity contribution in [2.75, 3.05) is 65.9 Å². The van der Waals surface area contributed by atoms with Crippen LogP contribution < -0.4 is 0 Å². The quantitative estimate of drug-likeness (QED) is 0.592. The maximum Gasteiger partial charge on any atom is 0.309 e. The fourth-order valence-electron chi connectivity index (χ4n) is 4.48. The van der Waals surface area contributed by atoms with Crippen molar-refractivity contribution in [3.63, 3.8) is 0 Å². The summed E-state index contributed by atoms with van der Waals surface area (Å²) >= 11 is 0. The van der Waals surface area contributed by atoms with E-state index in [4.69, 9.17) is 23.7 Å². The summed E-state index contributed by atoms with van der Waals surface area (Å²) in [6, 6.07) is -0.141. The number of hydrogen-bond donors (Lipinski definition) is 1. The Hall–Kier alpha value is -1.26. The summed E-state index contributed by atoms with van der Waals surface area (Å²) < 4.78 is 26.9. The normalized spacial score (nSPS) is 34.3. The van der Waals surface area contributed by atoms with Gasteiger partial charge in [0.1, 0.15) is 13.2 Å². The summed E-state index contributed by atoms with van der Waals surface area (Å²) in [5, 5.41) is 10.8. The van der Waals surface area contributed by atoms with Gasteiger partial charge in [0.25, 0.3) is 0 Å². The lowest BCUT2D eigenvalue weighted by Crippen LogP contribution is -2.54. The highest BCUT2D eigenvalue weighted by atomic mass is 16.6. The lowest BCUT2D eigenvalue weighted by atomic mass is 9.74. The molecule has 3 fully saturated rings. The number of cyclic esters (lactones) is 2. The number of rotatable bonds is 1. The molecule has 172 valence electrons. The summed E-state index contributed by atoms with van der Waals surface area (Å²) in [6.45, 7) is 4.25. The van der Waals surface area contributed by atoms with Gasteiger partial charge < -0.3 is 28.8 Å². The third kappa shape index (κ3) is 6.88. The zero-order valence-corrected chi connectivity index (χ0v) is 17.7. The van der Waals surface area contributed by atoms with E-state index in [0.717, 1.165) is 25.9 Å².